The lowest BCUT2D eigenvalue weighted by Crippen LogP contribution is -2.39. The third kappa shape index (κ3) is 4.58. The molecule has 3 rings (SSSR count). The van der Waals surface area contributed by atoms with Crippen LogP contribution in [0.1, 0.15) is 18.1 Å². The molecule has 1 fully saturated rings. The third-order valence-corrected chi connectivity index (χ3v) is 5.18. The highest BCUT2D eigenvalue weighted by atomic mass is 19.2. The number of carbonyl (C=O) groups is 1. The van der Waals surface area contributed by atoms with E-state index < -0.39 is 46.1 Å². The predicted octanol–water partition coefficient (Wildman–Crippen LogP) is 3.22. The number of ether oxygens (including phenoxy) is 1. The molecule has 1 aliphatic rings. The van der Waals surface area contributed by atoms with Crippen molar-refractivity contribution in [1.82, 2.24) is 4.90 Å². The number of esters is 1. The Morgan fingerprint density at radius 3 is 2.30 bits per heavy atom. The SMILES string of the molecule is COC(=O)C1CN(Cc2ccccc2)CC1(C)c1c(F)cc(F)c(F)c1F.O=C=O. The van der Waals surface area contributed by atoms with Gasteiger partial charge in [0.2, 0.25) is 0 Å². The number of likely N-dealkylation sites (tertiary alicyclic amines) is 1. The van der Waals surface area contributed by atoms with Gasteiger partial charge in [-0.25, -0.2) is 17.6 Å². The van der Waals surface area contributed by atoms with E-state index in [1.54, 1.807) is 0 Å². The Hall–Kier alpha value is -3.03. The minimum atomic E-state index is -1.75. The summed E-state index contributed by atoms with van der Waals surface area (Å²) in [5.41, 5.74) is -1.09. The number of halogens is 4. The smallest absolute Gasteiger partial charge is 0.373 e. The third-order valence-electron chi connectivity index (χ3n) is 5.18. The van der Waals surface area contributed by atoms with Gasteiger partial charge in [-0.15, -0.1) is 0 Å². The van der Waals surface area contributed by atoms with Crippen molar-refractivity contribution in [2.75, 3.05) is 20.2 Å². The first-order valence-electron chi connectivity index (χ1n) is 8.86. The summed E-state index contributed by atoms with van der Waals surface area (Å²) in [5, 5.41) is 0. The number of hydrogen-bond acceptors (Lipinski definition) is 5. The summed E-state index contributed by atoms with van der Waals surface area (Å²) in [6, 6.07) is 9.67. The summed E-state index contributed by atoms with van der Waals surface area (Å²) in [6.45, 7) is 2.17. The van der Waals surface area contributed by atoms with E-state index >= 15 is 0 Å². The molecule has 0 radical (unpaired) electrons. The molecular weight excluding hydrogens is 406 g/mol. The van der Waals surface area contributed by atoms with Gasteiger partial charge < -0.3 is 4.74 Å². The van der Waals surface area contributed by atoms with Crippen molar-refractivity contribution in [3.63, 3.8) is 0 Å². The Morgan fingerprint density at radius 2 is 1.73 bits per heavy atom. The first-order valence-corrected chi connectivity index (χ1v) is 8.86. The number of benzene rings is 2. The number of carbonyl (C=O) groups excluding carboxylic acids is 3. The van der Waals surface area contributed by atoms with Gasteiger partial charge in [0.25, 0.3) is 0 Å². The fraction of sp³-hybridized carbons (Fsp3) is 0.333. The maximum atomic E-state index is 14.5. The molecule has 160 valence electrons. The Bertz CT molecular complexity index is 948. The molecule has 0 aliphatic carbocycles. The molecule has 0 bridgehead atoms. The second kappa shape index (κ2) is 9.65. The van der Waals surface area contributed by atoms with Gasteiger partial charge in [-0.1, -0.05) is 37.3 Å². The highest BCUT2D eigenvalue weighted by Crippen LogP contribution is 2.43. The van der Waals surface area contributed by atoms with Crippen LogP contribution in [0.2, 0.25) is 0 Å². The van der Waals surface area contributed by atoms with Crippen LogP contribution < -0.4 is 0 Å². The van der Waals surface area contributed by atoms with E-state index in [0.29, 0.717) is 12.6 Å². The fourth-order valence-corrected chi connectivity index (χ4v) is 3.88. The number of rotatable bonds is 4. The zero-order valence-electron chi connectivity index (χ0n) is 16.3. The lowest BCUT2D eigenvalue weighted by molar-refractivity contribution is -0.191. The van der Waals surface area contributed by atoms with Gasteiger partial charge >= 0.3 is 12.1 Å². The van der Waals surface area contributed by atoms with Crippen molar-refractivity contribution < 1.29 is 36.7 Å². The average Bonchev–Trinajstić information content (AvgIpc) is 3.03. The molecule has 0 saturated carbocycles. The molecule has 9 heteroatoms. The van der Waals surface area contributed by atoms with E-state index in [4.69, 9.17) is 14.3 Å². The zero-order chi connectivity index (χ0) is 22.5. The molecule has 1 saturated heterocycles. The predicted molar refractivity (Wildman–Crippen MR) is 95.9 cm³/mol. The Labute approximate surface area is 170 Å². The quantitative estimate of drug-likeness (QED) is 0.326. The highest BCUT2D eigenvalue weighted by molar-refractivity contribution is 5.75. The standard InChI is InChI=1S/C20H19F4NO2.CO2/c1-20(16-14(21)8-15(22)17(23)18(16)24)11-25(10-13(20)19(26)27-2)9-12-6-4-3-5-7-12;2-1-3/h3-8,13H,9-11H2,1-2H3;. The maximum Gasteiger partial charge on any atom is 0.373 e. The second-order valence-corrected chi connectivity index (χ2v) is 7.07. The van der Waals surface area contributed by atoms with Gasteiger partial charge in [-0.3, -0.25) is 9.69 Å². The minimum absolute atomic E-state index is 0.0839. The van der Waals surface area contributed by atoms with Gasteiger partial charge in [-0.2, -0.15) is 9.59 Å². The zero-order valence-corrected chi connectivity index (χ0v) is 16.3. The van der Waals surface area contributed by atoms with E-state index in [-0.39, 0.29) is 19.2 Å². The van der Waals surface area contributed by atoms with E-state index in [1.165, 1.54) is 14.0 Å². The normalized spacial score (nSPS) is 20.8. The lowest BCUT2D eigenvalue weighted by atomic mass is 9.73. The van der Waals surface area contributed by atoms with Crippen molar-refractivity contribution in [3.05, 3.63) is 70.8 Å². The summed E-state index contributed by atoms with van der Waals surface area (Å²) >= 11 is 0. The first-order chi connectivity index (χ1) is 14.2. The Kier molecular flexibility index (Phi) is 7.48. The molecule has 2 atom stereocenters. The molecular formula is C21H19F4NO4. The van der Waals surface area contributed by atoms with Crippen LogP contribution in [-0.2, 0) is 31.1 Å². The molecule has 2 aromatic carbocycles. The summed E-state index contributed by atoms with van der Waals surface area (Å²) < 4.78 is 60.9. The van der Waals surface area contributed by atoms with Crippen LogP contribution in [-0.4, -0.2) is 37.2 Å². The van der Waals surface area contributed by atoms with Gasteiger partial charge in [0.05, 0.1) is 13.0 Å². The first kappa shape index (κ1) is 23.3. The van der Waals surface area contributed by atoms with Gasteiger partial charge in [0.1, 0.15) is 5.82 Å². The molecule has 0 amide bonds. The van der Waals surface area contributed by atoms with E-state index in [1.807, 2.05) is 35.2 Å². The van der Waals surface area contributed by atoms with Crippen LogP contribution >= 0.6 is 0 Å². The van der Waals surface area contributed by atoms with Crippen LogP contribution in [0.3, 0.4) is 0 Å². The van der Waals surface area contributed by atoms with Crippen LogP contribution in [0.4, 0.5) is 17.6 Å². The summed E-state index contributed by atoms with van der Waals surface area (Å²) in [5.74, 6) is -7.77. The van der Waals surface area contributed by atoms with E-state index in [2.05, 4.69) is 0 Å². The molecule has 0 spiro atoms. The molecule has 1 aliphatic heterocycles. The van der Waals surface area contributed by atoms with Crippen LogP contribution in [0.5, 0.6) is 0 Å². The molecule has 2 unspecified atom stereocenters. The van der Waals surface area contributed by atoms with Crippen LogP contribution in [0.25, 0.3) is 0 Å². The fourth-order valence-electron chi connectivity index (χ4n) is 3.88. The van der Waals surface area contributed by atoms with Gasteiger partial charge in [-0.05, 0) is 5.56 Å². The molecule has 2 aromatic rings. The molecule has 5 nitrogen and oxygen atoms in total. The summed E-state index contributed by atoms with van der Waals surface area (Å²) in [6.07, 6.45) is 0.250. The van der Waals surface area contributed by atoms with Crippen molar-refractivity contribution in [2.24, 2.45) is 5.92 Å². The maximum absolute atomic E-state index is 14.5. The van der Waals surface area contributed by atoms with Crippen molar-refractivity contribution >= 4 is 12.1 Å². The van der Waals surface area contributed by atoms with Gasteiger partial charge in [0, 0.05) is 36.7 Å². The van der Waals surface area contributed by atoms with Crippen molar-refractivity contribution in [2.45, 2.75) is 18.9 Å². The lowest BCUT2D eigenvalue weighted by Gasteiger charge is -2.30. The minimum Gasteiger partial charge on any atom is -0.469 e. The number of hydrogen-bond donors (Lipinski definition) is 0. The summed E-state index contributed by atoms with van der Waals surface area (Å²) in [4.78, 5) is 30.4. The highest BCUT2D eigenvalue weighted by Gasteiger charge is 2.51. The number of nitrogens with zero attached hydrogens (tertiary/aromatic N) is 1. The van der Waals surface area contributed by atoms with E-state index in [0.717, 1.165) is 5.56 Å². The molecule has 0 N–H and O–H groups in total. The van der Waals surface area contributed by atoms with Gasteiger partial charge in [0.15, 0.2) is 17.5 Å². The monoisotopic (exact) mass is 425 g/mol. The Balaban J connectivity index is 0.00000101. The van der Waals surface area contributed by atoms with Crippen molar-refractivity contribution in [1.29, 1.82) is 0 Å². The Morgan fingerprint density at radius 1 is 1.13 bits per heavy atom. The number of methoxy groups -OCH3 is 1. The molecule has 0 aromatic heterocycles. The summed E-state index contributed by atoms with van der Waals surface area (Å²) in [7, 11) is 1.18. The van der Waals surface area contributed by atoms with Crippen LogP contribution in [0.15, 0.2) is 36.4 Å². The molecule has 1 heterocycles. The molecule has 30 heavy (non-hydrogen) atoms. The largest absolute Gasteiger partial charge is 0.469 e. The average molecular weight is 425 g/mol. The topological polar surface area (TPSA) is 63.7 Å². The second-order valence-electron chi connectivity index (χ2n) is 7.07. The van der Waals surface area contributed by atoms with Crippen molar-refractivity contribution in [3.8, 4) is 0 Å². The van der Waals surface area contributed by atoms with E-state index in [9.17, 15) is 22.4 Å². The van der Waals surface area contributed by atoms with Crippen LogP contribution in [0, 0.1) is 29.2 Å².